The molecule has 0 aliphatic rings. The second-order valence-electron chi connectivity index (χ2n) is 8.49. The maximum absolute atomic E-state index is 15.0. The molecule has 4 aromatic rings. The summed E-state index contributed by atoms with van der Waals surface area (Å²) >= 11 is 6.28. The molecular formula is C25H18ClF4N5O. The van der Waals surface area contributed by atoms with Crippen molar-refractivity contribution in [3.63, 3.8) is 0 Å². The number of nitriles is 1. The van der Waals surface area contributed by atoms with Crippen LogP contribution < -0.4 is 5.32 Å². The summed E-state index contributed by atoms with van der Waals surface area (Å²) in [5, 5.41) is 21.9. The predicted octanol–water partition coefficient (Wildman–Crippen LogP) is 6.14. The van der Waals surface area contributed by atoms with Crippen LogP contribution in [0.4, 0.5) is 23.2 Å². The van der Waals surface area contributed by atoms with E-state index in [0.717, 1.165) is 24.4 Å². The highest BCUT2D eigenvalue weighted by Gasteiger charge is 2.28. The van der Waals surface area contributed by atoms with Gasteiger partial charge in [-0.25, -0.2) is 27.5 Å². The highest BCUT2D eigenvalue weighted by molar-refractivity contribution is 6.34. The van der Waals surface area contributed by atoms with Gasteiger partial charge in [0.15, 0.2) is 5.82 Å². The third-order valence-corrected chi connectivity index (χ3v) is 5.72. The SMILES string of the molecule is CC(C)(O)c1ncc(-c2cc3c(NC(c4cc(C#N)ccc4F)C(F)F)c(Cl)cnc3cc2F)cn1. The molecule has 2 heterocycles. The Morgan fingerprint density at radius 3 is 2.33 bits per heavy atom. The second kappa shape index (κ2) is 9.68. The van der Waals surface area contributed by atoms with Crippen LogP contribution in [0.25, 0.3) is 22.0 Å². The zero-order valence-corrected chi connectivity index (χ0v) is 19.7. The van der Waals surface area contributed by atoms with Crippen LogP contribution in [-0.4, -0.2) is 26.5 Å². The van der Waals surface area contributed by atoms with Crippen LogP contribution in [0.5, 0.6) is 0 Å². The summed E-state index contributed by atoms with van der Waals surface area (Å²) in [7, 11) is 0. The number of nitrogens with one attached hydrogen (secondary N) is 1. The number of rotatable bonds is 6. The summed E-state index contributed by atoms with van der Waals surface area (Å²) in [6.45, 7) is 3.00. The van der Waals surface area contributed by atoms with Crippen LogP contribution in [0.2, 0.25) is 5.02 Å². The van der Waals surface area contributed by atoms with Gasteiger partial charge in [0.1, 0.15) is 23.3 Å². The number of aliphatic hydroxyl groups is 1. The fourth-order valence-electron chi connectivity index (χ4n) is 3.62. The number of halogens is 5. The fourth-order valence-corrected chi connectivity index (χ4v) is 3.83. The Hall–Kier alpha value is -3.81. The number of anilines is 1. The second-order valence-corrected chi connectivity index (χ2v) is 8.90. The van der Waals surface area contributed by atoms with Crippen molar-refractivity contribution >= 4 is 28.2 Å². The maximum atomic E-state index is 15.0. The van der Waals surface area contributed by atoms with Gasteiger partial charge in [0.25, 0.3) is 6.43 Å². The van der Waals surface area contributed by atoms with Gasteiger partial charge in [0.2, 0.25) is 0 Å². The summed E-state index contributed by atoms with van der Waals surface area (Å²) in [6, 6.07) is 5.51. The first-order valence-electron chi connectivity index (χ1n) is 10.6. The van der Waals surface area contributed by atoms with Crippen molar-refractivity contribution in [1.29, 1.82) is 5.26 Å². The number of fused-ring (bicyclic) bond motifs is 1. The van der Waals surface area contributed by atoms with Gasteiger partial charge in [0, 0.05) is 46.7 Å². The molecule has 2 aromatic heterocycles. The number of hydrogen-bond acceptors (Lipinski definition) is 6. The van der Waals surface area contributed by atoms with E-state index in [1.807, 2.05) is 0 Å². The Morgan fingerprint density at radius 2 is 1.72 bits per heavy atom. The Balaban J connectivity index is 1.84. The number of alkyl halides is 2. The largest absolute Gasteiger partial charge is 0.382 e. The molecule has 0 saturated carbocycles. The van der Waals surface area contributed by atoms with Crippen LogP contribution in [0.1, 0.15) is 36.8 Å². The van der Waals surface area contributed by atoms with Gasteiger partial charge in [-0.05, 0) is 38.1 Å². The van der Waals surface area contributed by atoms with E-state index in [-0.39, 0.29) is 44.1 Å². The average molecular weight is 516 g/mol. The van der Waals surface area contributed by atoms with Gasteiger partial charge in [-0.1, -0.05) is 11.6 Å². The van der Waals surface area contributed by atoms with Gasteiger partial charge in [0.05, 0.1) is 27.9 Å². The van der Waals surface area contributed by atoms with Crippen LogP contribution in [-0.2, 0) is 5.60 Å². The van der Waals surface area contributed by atoms with Gasteiger partial charge in [-0.2, -0.15) is 5.26 Å². The third kappa shape index (κ3) is 4.94. The summed E-state index contributed by atoms with van der Waals surface area (Å²) < 4.78 is 57.6. The van der Waals surface area contributed by atoms with Crippen LogP contribution in [0, 0.1) is 23.0 Å². The van der Waals surface area contributed by atoms with E-state index in [2.05, 4.69) is 20.3 Å². The van der Waals surface area contributed by atoms with E-state index >= 15 is 0 Å². The molecule has 0 spiro atoms. The summed E-state index contributed by atoms with van der Waals surface area (Å²) in [6.07, 6.45) is 0.716. The van der Waals surface area contributed by atoms with Crippen LogP contribution in [0.15, 0.2) is 48.9 Å². The van der Waals surface area contributed by atoms with Crippen molar-refractivity contribution in [3.8, 4) is 17.2 Å². The Kier molecular flexibility index (Phi) is 6.80. The van der Waals surface area contributed by atoms with Crippen molar-refractivity contribution in [2.45, 2.75) is 31.9 Å². The number of hydrogen-bond donors (Lipinski definition) is 2. The molecule has 0 bridgehead atoms. The molecule has 0 fully saturated rings. The molecule has 2 aromatic carbocycles. The van der Waals surface area contributed by atoms with Gasteiger partial charge < -0.3 is 10.4 Å². The molecule has 184 valence electrons. The first-order valence-corrected chi connectivity index (χ1v) is 10.9. The van der Waals surface area contributed by atoms with E-state index in [4.69, 9.17) is 16.9 Å². The van der Waals surface area contributed by atoms with E-state index < -0.39 is 35.3 Å². The number of pyridine rings is 1. The minimum absolute atomic E-state index is 0.00314. The highest BCUT2D eigenvalue weighted by atomic mass is 35.5. The maximum Gasteiger partial charge on any atom is 0.262 e. The first kappa shape index (κ1) is 25.3. The van der Waals surface area contributed by atoms with Crippen LogP contribution in [0.3, 0.4) is 0 Å². The topological polar surface area (TPSA) is 94.7 Å². The monoisotopic (exact) mass is 515 g/mol. The molecule has 6 nitrogen and oxygen atoms in total. The average Bonchev–Trinajstić information content (AvgIpc) is 2.83. The number of aromatic nitrogens is 3. The lowest BCUT2D eigenvalue weighted by Gasteiger charge is -2.22. The predicted molar refractivity (Wildman–Crippen MR) is 126 cm³/mol. The number of benzene rings is 2. The number of nitrogens with zero attached hydrogens (tertiary/aromatic N) is 4. The van der Waals surface area contributed by atoms with Crippen molar-refractivity contribution < 1.29 is 22.7 Å². The van der Waals surface area contributed by atoms with Crippen molar-refractivity contribution in [2.75, 3.05) is 5.32 Å². The molecule has 1 unspecified atom stereocenters. The summed E-state index contributed by atoms with van der Waals surface area (Å²) in [5.74, 6) is -1.49. The van der Waals surface area contributed by atoms with Crippen molar-refractivity contribution in [1.82, 2.24) is 15.0 Å². The Labute approximate surface area is 208 Å². The standard InChI is InChI=1S/C25H18ClF4N5O/c1-25(2,36)24-33-9-13(10-34-24)14-6-16-20(7-19(14)28)32-11-17(26)21(16)35-22(23(29)30)15-5-12(8-31)3-4-18(15)27/h3-7,9-11,22-23,36H,1-2H3,(H,32,35). The van der Waals surface area contributed by atoms with Crippen molar-refractivity contribution in [2.24, 2.45) is 0 Å². The highest BCUT2D eigenvalue weighted by Crippen LogP contribution is 2.38. The Morgan fingerprint density at radius 1 is 1.03 bits per heavy atom. The third-order valence-electron chi connectivity index (χ3n) is 5.43. The molecule has 36 heavy (non-hydrogen) atoms. The summed E-state index contributed by atoms with van der Waals surface area (Å²) in [5.41, 5.74) is -1.36. The molecule has 2 N–H and O–H groups in total. The molecule has 4 rings (SSSR count). The van der Waals surface area contributed by atoms with E-state index in [9.17, 15) is 22.7 Å². The van der Waals surface area contributed by atoms with Gasteiger partial charge in [-0.15, -0.1) is 0 Å². The molecule has 0 radical (unpaired) electrons. The van der Waals surface area contributed by atoms with Crippen molar-refractivity contribution in [3.05, 3.63) is 82.5 Å². The molecule has 1 atom stereocenters. The van der Waals surface area contributed by atoms with Gasteiger partial charge >= 0.3 is 0 Å². The molecule has 0 aliphatic carbocycles. The smallest absolute Gasteiger partial charge is 0.262 e. The van der Waals surface area contributed by atoms with E-state index in [0.29, 0.717) is 0 Å². The van der Waals surface area contributed by atoms with Gasteiger partial charge in [-0.3, -0.25) is 4.98 Å². The zero-order valence-electron chi connectivity index (χ0n) is 18.9. The molecule has 0 aliphatic heterocycles. The minimum Gasteiger partial charge on any atom is -0.382 e. The van der Waals surface area contributed by atoms with E-state index in [1.165, 1.54) is 38.4 Å². The Bertz CT molecular complexity index is 1480. The molecular weight excluding hydrogens is 498 g/mol. The minimum atomic E-state index is -3.09. The molecule has 11 heteroatoms. The lowest BCUT2D eigenvalue weighted by Crippen LogP contribution is -2.21. The normalized spacial score (nSPS) is 12.6. The first-order chi connectivity index (χ1) is 17.0. The quantitative estimate of drug-likeness (QED) is 0.299. The molecule has 0 amide bonds. The lowest BCUT2D eigenvalue weighted by molar-refractivity contribution is 0.0687. The van der Waals surface area contributed by atoms with Crippen LogP contribution >= 0.6 is 11.6 Å². The zero-order chi connectivity index (χ0) is 26.2. The fraction of sp³-hybridized carbons (Fsp3) is 0.200. The molecule has 0 saturated heterocycles. The lowest BCUT2D eigenvalue weighted by atomic mass is 10.0. The van der Waals surface area contributed by atoms with E-state index in [1.54, 1.807) is 6.07 Å². The summed E-state index contributed by atoms with van der Waals surface area (Å²) in [4.78, 5) is 12.2.